The Hall–Kier alpha value is -4.43. The first-order valence-corrected chi connectivity index (χ1v) is 17.8. The number of hydrazine groups is 2. The maximum absolute atomic E-state index is 14.0. The molecule has 0 radical (unpaired) electrons. The highest BCUT2D eigenvalue weighted by atomic mass is 19.4. The van der Waals surface area contributed by atoms with Crippen LogP contribution in [0.15, 0.2) is 49.2 Å². The summed E-state index contributed by atoms with van der Waals surface area (Å²) in [5.74, 6) is -2.22. The molecule has 2 aromatic rings. The van der Waals surface area contributed by atoms with E-state index in [1.54, 1.807) is 28.0 Å². The first kappa shape index (κ1) is 38.3. The van der Waals surface area contributed by atoms with Gasteiger partial charge in [-0.05, 0) is 55.0 Å². The Labute approximate surface area is 305 Å². The number of carboxylic acid groups (broad SMARTS) is 1. The number of nitrogens with zero attached hydrogens (tertiary/aromatic N) is 5. The van der Waals surface area contributed by atoms with Crippen LogP contribution in [0.2, 0.25) is 0 Å². The lowest BCUT2D eigenvalue weighted by Crippen LogP contribution is -2.61. The third-order valence-electron chi connectivity index (χ3n) is 11.2. The molecule has 1 saturated carbocycles. The summed E-state index contributed by atoms with van der Waals surface area (Å²) >= 11 is 0. The summed E-state index contributed by atoms with van der Waals surface area (Å²) in [5.41, 5.74) is 8.70. The summed E-state index contributed by atoms with van der Waals surface area (Å²) in [4.78, 5) is 47.0. The van der Waals surface area contributed by atoms with E-state index in [1.807, 2.05) is 17.1 Å². The molecule has 4 fully saturated rings. The maximum atomic E-state index is 14.0. The lowest BCUT2D eigenvalue weighted by molar-refractivity contribution is -0.196. The topological polar surface area (TPSA) is 154 Å². The van der Waals surface area contributed by atoms with Gasteiger partial charge in [-0.3, -0.25) is 35.2 Å². The van der Waals surface area contributed by atoms with E-state index in [-0.39, 0.29) is 74.4 Å². The van der Waals surface area contributed by atoms with E-state index in [4.69, 9.17) is 5.26 Å². The van der Waals surface area contributed by atoms with Gasteiger partial charge in [0.15, 0.2) is 0 Å². The average molecular weight is 741 g/mol. The first-order chi connectivity index (χ1) is 25.3. The van der Waals surface area contributed by atoms with Crippen LogP contribution in [0.1, 0.15) is 70.8 Å². The molecule has 4 N–H and O–H groups in total. The van der Waals surface area contributed by atoms with Crippen molar-refractivity contribution in [2.24, 2.45) is 16.7 Å². The van der Waals surface area contributed by atoms with Crippen molar-refractivity contribution in [1.29, 1.82) is 5.26 Å². The zero-order valence-corrected chi connectivity index (χ0v) is 29.3. The highest BCUT2D eigenvalue weighted by Gasteiger charge is 2.66. The number of likely N-dealkylation sites (tertiary alicyclic amines) is 2. The minimum atomic E-state index is -4.41. The number of hydrogen-bond donors (Lipinski definition) is 4. The van der Waals surface area contributed by atoms with Crippen LogP contribution in [-0.4, -0.2) is 101 Å². The number of nitriles is 1. The van der Waals surface area contributed by atoms with E-state index in [2.05, 4.69) is 33.9 Å². The zero-order valence-electron chi connectivity index (χ0n) is 29.3. The van der Waals surface area contributed by atoms with Gasteiger partial charge in [-0.1, -0.05) is 18.2 Å². The third kappa shape index (κ3) is 7.94. The maximum Gasteiger partial charge on any atom is 0.396 e. The second kappa shape index (κ2) is 15.5. The zero-order chi connectivity index (χ0) is 38.0. The predicted octanol–water partition coefficient (Wildman–Crippen LogP) is 3.67. The van der Waals surface area contributed by atoms with Gasteiger partial charge in [0.25, 0.3) is 0 Å². The fourth-order valence-electron chi connectivity index (χ4n) is 8.08. The van der Waals surface area contributed by atoms with Gasteiger partial charge >= 0.3 is 12.1 Å². The van der Waals surface area contributed by atoms with Gasteiger partial charge in [0, 0.05) is 88.0 Å². The minimum absolute atomic E-state index is 0.0121. The first-order valence-electron chi connectivity index (χ1n) is 17.8. The Morgan fingerprint density at radius 2 is 1.87 bits per heavy atom. The van der Waals surface area contributed by atoms with E-state index in [0.29, 0.717) is 56.1 Å². The molecule has 16 heteroatoms. The van der Waals surface area contributed by atoms with E-state index in [1.165, 1.54) is 12.3 Å². The monoisotopic (exact) mass is 740 g/mol. The molecule has 6 rings (SSSR count). The Kier molecular flexibility index (Phi) is 11.2. The van der Waals surface area contributed by atoms with E-state index >= 15 is 0 Å². The SMILES string of the molecule is C=CCC(NNCc1cc(C2CN(C(=O)C3CNN(Cc4ccc(C#N)cc4)C3)CC23CN(C(=O)CCCF)C3)ncc1C(=O)O)C1(C(F)(F)F)CC1. The van der Waals surface area contributed by atoms with Crippen LogP contribution in [0.5, 0.6) is 0 Å². The standard InChI is InChI=1S/C37H44F4N8O4/c1-2-4-31(36(10-11-36)37(39,40)41)46-44-15-26-13-30(43-17-28(26)34(52)53)29-20-47(21-35(29)22-48(23-35)32(50)5-3-12-38)33(51)27-16-45-49(19-27)18-25-8-6-24(14-42)7-9-25/h2,6-9,13,17,27,29,31,44-46H,1,3-5,10-12,15-16,18-23H2,(H,52,53). The van der Waals surface area contributed by atoms with Crippen LogP contribution < -0.4 is 16.3 Å². The molecule has 3 aliphatic heterocycles. The summed E-state index contributed by atoms with van der Waals surface area (Å²) in [6.07, 6.45) is -1.54. The molecular formula is C37H44F4N8O4. The Morgan fingerprint density at radius 1 is 1.15 bits per heavy atom. The normalized spacial score (nSPS) is 22.3. The van der Waals surface area contributed by atoms with E-state index in [9.17, 15) is 37.1 Å². The molecule has 4 heterocycles. The molecule has 1 aromatic carbocycles. The van der Waals surface area contributed by atoms with Crippen LogP contribution >= 0.6 is 0 Å². The number of nitrogens with one attached hydrogen (secondary N) is 3. The van der Waals surface area contributed by atoms with Crippen molar-refractivity contribution in [3.05, 3.63) is 77.1 Å². The molecule has 1 spiro atoms. The third-order valence-corrected chi connectivity index (χ3v) is 11.2. The Morgan fingerprint density at radius 3 is 2.49 bits per heavy atom. The van der Waals surface area contributed by atoms with Crippen molar-refractivity contribution in [3.63, 3.8) is 0 Å². The largest absolute Gasteiger partial charge is 0.478 e. The van der Waals surface area contributed by atoms with Crippen molar-refractivity contribution in [1.82, 2.24) is 36.1 Å². The number of alkyl halides is 4. The van der Waals surface area contributed by atoms with Crippen LogP contribution in [0.4, 0.5) is 17.6 Å². The number of amides is 2. The van der Waals surface area contributed by atoms with Gasteiger partial charge < -0.3 is 14.9 Å². The van der Waals surface area contributed by atoms with Crippen molar-refractivity contribution < 1.29 is 37.1 Å². The van der Waals surface area contributed by atoms with Crippen LogP contribution in [-0.2, 0) is 22.7 Å². The molecule has 3 unspecified atom stereocenters. The van der Waals surface area contributed by atoms with Gasteiger partial charge in [0.1, 0.15) is 0 Å². The van der Waals surface area contributed by atoms with Gasteiger partial charge in [-0.2, -0.15) is 18.4 Å². The molecule has 3 atom stereocenters. The fraction of sp³-hybridized carbons (Fsp3) is 0.541. The number of hydrogen-bond acceptors (Lipinski definition) is 9. The van der Waals surface area contributed by atoms with Gasteiger partial charge in [-0.25, -0.2) is 9.80 Å². The van der Waals surface area contributed by atoms with E-state index in [0.717, 1.165) is 5.56 Å². The number of carbonyl (C=O) groups is 3. The number of carbonyl (C=O) groups excluding carboxylic acids is 2. The molecule has 284 valence electrons. The van der Waals surface area contributed by atoms with Crippen molar-refractivity contribution in [2.75, 3.05) is 45.9 Å². The van der Waals surface area contributed by atoms with Crippen molar-refractivity contribution >= 4 is 17.8 Å². The van der Waals surface area contributed by atoms with E-state index < -0.39 is 35.7 Å². The average Bonchev–Trinajstić information content (AvgIpc) is 3.66. The van der Waals surface area contributed by atoms with Gasteiger partial charge in [-0.15, -0.1) is 6.58 Å². The minimum Gasteiger partial charge on any atom is -0.478 e. The van der Waals surface area contributed by atoms with Crippen LogP contribution in [0.3, 0.4) is 0 Å². The second-order valence-corrected chi connectivity index (χ2v) is 14.7. The molecule has 1 aromatic heterocycles. The smallest absolute Gasteiger partial charge is 0.396 e. The molecular weight excluding hydrogens is 696 g/mol. The summed E-state index contributed by atoms with van der Waals surface area (Å²) in [7, 11) is 0. The highest BCUT2D eigenvalue weighted by Crippen LogP contribution is 2.60. The van der Waals surface area contributed by atoms with Crippen molar-refractivity contribution in [2.45, 2.75) is 63.3 Å². The second-order valence-electron chi connectivity index (χ2n) is 14.7. The molecule has 0 bridgehead atoms. The van der Waals surface area contributed by atoms with Gasteiger partial charge in [0.2, 0.25) is 11.8 Å². The molecule has 2 amide bonds. The number of aromatic carboxylic acids is 1. The number of halogens is 4. The summed E-state index contributed by atoms with van der Waals surface area (Å²) in [5, 5.41) is 21.0. The lowest BCUT2D eigenvalue weighted by atomic mass is 9.70. The number of pyridine rings is 1. The van der Waals surface area contributed by atoms with Crippen molar-refractivity contribution in [3.8, 4) is 6.07 Å². The number of aromatic nitrogens is 1. The quantitative estimate of drug-likeness (QED) is 0.121. The summed E-state index contributed by atoms with van der Waals surface area (Å²) in [6, 6.07) is 9.96. The fourth-order valence-corrected chi connectivity index (χ4v) is 8.08. The predicted molar refractivity (Wildman–Crippen MR) is 184 cm³/mol. The molecule has 1 aliphatic carbocycles. The summed E-state index contributed by atoms with van der Waals surface area (Å²) in [6.45, 7) is 5.56. The Balaban J connectivity index is 1.18. The van der Waals surface area contributed by atoms with Crippen LogP contribution in [0, 0.1) is 28.1 Å². The Bertz CT molecular complexity index is 1740. The highest BCUT2D eigenvalue weighted by molar-refractivity contribution is 5.89. The molecule has 3 saturated heterocycles. The molecule has 53 heavy (non-hydrogen) atoms. The van der Waals surface area contributed by atoms with Crippen LogP contribution in [0.25, 0.3) is 0 Å². The molecule has 12 nitrogen and oxygen atoms in total. The van der Waals surface area contributed by atoms with Gasteiger partial charge in [0.05, 0.1) is 35.2 Å². The lowest BCUT2D eigenvalue weighted by Gasteiger charge is -2.51. The summed E-state index contributed by atoms with van der Waals surface area (Å²) < 4.78 is 54.6. The number of benzene rings is 1. The molecule has 4 aliphatic rings. The number of rotatable bonds is 15. The number of carboxylic acids is 1.